The van der Waals surface area contributed by atoms with E-state index in [0.717, 1.165) is 10.9 Å². The predicted octanol–water partition coefficient (Wildman–Crippen LogP) is 6.12. The molecule has 2 unspecified atom stereocenters. The van der Waals surface area contributed by atoms with Gasteiger partial charge in [0.25, 0.3) is 5.91 Å². The molecule has 4 rings (SSSR count). The standard InChI is InChI=1S/C24H22ClFN2O2S/c1-14(2)13-28-22(20-8-5-11-31-20)21(16-6-3-4-7-17(16)24(28)30)23(29)27-19-10-9-15(26)12-18(19)25/h3-12,14,21-22H,13H2,1-2H3,(H,27,29). The molecule has 0 spiro atoms. The summed E-state index contributed by atoms with van der Waals surface area (Å²) in [5.41, 5.74) is 1.55. The second-order valence-electron chi connectivity index (χ2n) is 7.99. The molecule has 31 heavy (non-hydrogen) atoms. The van der Waals surface area contributed by atoms with Crippen LogP contribution in [0.4, 0.5) is 10.1 Å². The summed E-state index contributed by atoms with van der Waals surface area (Å²) in [4.78, 5) is 29.8. The average Bonchev–Trinajstić information content (AvgIpc) is 3.26. The first kappa shape index (κ1) is 21.5. The molecule has 2 atom stereocenters. The molecular formula is C24H22ClFN2O2S. The third-order valence-electron chi connectivity index (χ3n) is 5.31. The molecule has 0 fully saturated rings. The quantitative estimate of drug-likeness (QED) is 0.503. The second-order valence-corrected chi connectivity index (χ2v) is 9.38. The van der Waals surface area contributed by atoms with Crippen LogP contribution >= 0.6 is 22.9 Å². The van der Waals surface area contributed by atoms with Gasteiger partial charge in [-0.25, -0.2) is 4.39 Å². The van der Waals surface area contributed by atoms with Crippen molar-refractivity contribution in [3.05, 3.63) is 86.8 Å². The SMILES string of the molecule is CC(C)CN1C(=O)c2ccccc2C(C(=O)Nc2ccc(F)cc2Cl)C1c1cccs1. The van der Waals surface area contributed by atoms with Crippen molar-refractivity contribution < 1.29 is 14.0 Å². The molecule has 2 amide bonds. The van der Waals surface area contributed by atoms with Crippen LogP contribution in [-0.2, 0) is 4.79 Å². The summed E-state index contributed by atoms with van der Waals surface area (Å²) in [6, 6.07) is 14.5. The zero-order valence-corrected chi connectivity index (χ0v) is 18.7. The number of nitrogens with zero attached hydrogens (tertiary/aromatic N) is 1. The van der Waals surface area contributed by atoms with Gasteiger partial charge in [0.05, 0.1) is 22.7 Å². The normalized spacial score (nSPS) is 18.2. The Bertz CT molecular complexity index is 1120. The number of thiophene rings is 1. The van der Waals surface area contributed by atoms with E-state index >= 15 is 0 Å². The molecule has 4 nitrogen and oxygen atoms in total. The van der Waals surface area contributed by atoms with Crippen LogP contribution in [0.3, 0.4) is 0 Å². The molecule has 1 N–H and O–H groups in total. The van der Waals surface area contributed by atoms with E-state index in [0.29, 0.717) is 23.4 Å². The lowest BCUT2D eigenvalue weighted by atomic mass is 9.81. The summed E-state index contributed by atoms with van der Waals surface area (Å²) in [5.74, 6) is -1.25. The van der Waals surface area contributed by atoms with Gasteiger partial charge < -0.3 is 10.2 Å². The topological polar surface area (TPSA) is 49.4 Å². The van der Waals surface area contributed by atoms with Crippen LogP contribution < -0.4 is 5.32 Å². The van der Waals surface area contributed by atoms with Gasteiger partial charge in [0.2, 0.25) is 5.91 Å². The number of fused-ring (bicyclic) bond motifs is 1. The smallest absolute Gasteiger partial charge is 0.254 e. The number of amides is 2. The van der Waals surface area contributed by atoms with Crippen molar-refractivity contribution in [2.24, 2.45) is 5.92 Å². The molecule has 1 aromatic heterocycles. The van der Waals surface area contributed by atoms with Gasteiger partial charge in [-0.15, -0.1) is 11.3 Å². The Hall–Kier alpha value is -2.70. The second kappa shape index (κ2) is 8.81. The third-order valence-corrected chi connectivity index (χ3v) is 6.56. The van der Waals surface area contributed by atoms with E-state index in [-0.39, 0.29) is 22.8 Å². The molecule has 2 aromatic carbocycles. The first-order chi connectivity index (χ1) is 14.9. The van der Waals surface area contributed by atoms with E-state index in [1.165, 1.54) is 23.5 Å². The Balaban J connectivity index is 1.82. The summed E-state index contributed by atoms with van der Waals surface area (Å²) >= 11 is 7.67. The van der Waals surface area contributed by atoms with Gasteiger partial charge in [0.15, 0.2) is 0 Å². The Morgan fingerprint density at radius 1 is 1.19 bits per heavy atom. The number of carbonyl (C=O) groups is 2. The molecule has 1 aliphatic heterocycles. The highest BCUT2D eigenvalue weighted by molar-refractivity contribution is 7.10. The zero-order chi connectivity index (χ0) is 22.1. The van der Waals surface area contributed by atoms with Crippen molar-refractivity contribution in [3.63, 3.8) is 0 Å². The molecule has 3 aromatic rings. The van der Waals surface area contributed by atoms with Crippen LogP contribution in [0.15, 0.2) is 60.0 Å². The monoisotopic (exact) mass is 456 g/mol. The number of rotatable bonds is 5. The molecule has 0 radical (unpaired) electrons. The van der Waals surface area contributed by atoms with E-state index in [2.05, 4.69) is 5.32 Å². The van der Waals surface area contributed by atoms with Crippen LogP contribution in [-0.4, -0.2) is 23.3 Å². The minimum atomic E-state index is -0.632. The lowest BCUT2D eigenvalue weighted by Gasteiger charge is -2.42. The fourth-order valence-electron chi connectivity index (χ4n) is 4.05. The Morgan fingerprint density at radius 3 is 2.65 bits per heavy atom. The van der Waals surface area contributed by atoms with Crippen molar-refractivity contribution in [2.45, 2.75) is 25.8 Å². The highest BCUT2D eigenvalue weighted by Gasteiger charge is 2.44. The first-order valence-corrected chi connectivity index (χ1v) is 11.3. The lowest BCUT2D eigenvalue weighted by Crippen LogP contribution is -2.47. The Labute approximate surface area is 189 Å². The van der Waals surface area contributed by atoms with E-state index in [4.69, 9.17) is 11.6 Å². The van der Waals surface area contributed by atoms with Crippen molar-refractivity contribution >= 4 is 40.4 Å². The summed E-state index contributed by atoms with van der Waals surface area (Å²) in [5, 5.41) is 4.93. The van der Waals surface area contributed by atoms with Gasteiger partial charge in [-0.1, -0.05) is 49.7 Å². The van der Waals surface area contributed by atoms with Crippen molar-refractivity contribution in [1.29, 1.82) is 0 Å². The number of halogens is 2. The summed E-state index contributed by atoms with van der Waals surface area (Å²) in [6.07, 6.45) is 0. The maximum Gasteiger partial charge on any atom is 0.254 e. The lowest BCUT2D eigenvalue weighted by molar-refractivity contribution is -0.119. The maximum atomic E-state index is 13.6. The van der Waals surface area contributed by atoms with Gasteiger partial charge in [0, 0.05) is 17.0 Å². The third kappa shape index (κ3) is 4.23. The molecule has 0 bridgehead atoms. The number of hydrogen-bond acceptors (Lipinski definition) is 3. The fourth-order valence-corrected chi connectivity index (χ4v) is 5.14. The van der Waals surface area contributed by atoms with Crippen molar-refractivity contribution in [1.82, 2.24) is 4.90 Å². The van der Waals surface area contributed by atoms with Crippen LogP contribution in [0.5, 0.6) is 0 Å². The van der Waals surface area contributed by atoms with Gasteiger partial charge >= 0.3 is 0 Å². The van der Waals surface area contributed by atoms with Gasteiger partial charge in [0.1, 0.15) is 5.82 Å². The summed E-state index contributed by atoms with van der Waals surface area (Å²) in [6.45, 7) is 4.62. The highest BCUT2D eigenvalue weighted by Crippen LogP contribution is 2.45. The molecule has 1 aliphatic rings. The minimum Gasteiger partial charge on any atom is -0.329 e. The largest absolute Gasteiger partial charge is 0.329 e. The fraction of sp³-hybridized carbons (Fsp3) is 0.250. The predicted molar refractivity (Wildman–Crippen MR) is 122 cm³/mol. The van der Waals surface area contributed by atoms with Crippen LogP contribution in [0.1, 0.15) is 46.6 Å². The van der Waals surface area contributed by atoms with Crippen LogP contribution in [0.2, 0.25) is 5.02 Å². The molecular weight excluding hydrogens is 435 g/mol. The summed E-state index contributed by atoms with van der Waals surface area (Å²) in [7, 11) is 0. The first-order valence-electron chi connectivity index (χ1n) is 10.1. The zero-order valence-electron chi connectivity index (χ0n) is 17.1. The average molecular weight is 457 g/mol. The summed E-state index contributed by atoms with van der Waals surface area (Å²) < 4.78 is 13.5. The van der Waals surface area contributed by atoms with E-state index in [1.54, 1.807) is 11.0 Å². The van der Waals surface area contributed by atoms with Gasteiger partial charge in [-0.2, -0.15) is 0 Å². The molecule has 7 heteroatoms. The van der Waals surface area contributed by atoms with Gasteiger partial charge in [-0.3, -0.25) is 9.59 Å². The maximum absolute atomic E-state index is 13.6. The number of carbonyl (C=O) groups excluding carboxylic acids is 2. The molecule has 0 aliphatic carbocycles. The Morgan fingerprint density at radius 2 is 1.97 bits per heavy atom. The number of benzene rings is 2. The molecule has 0 saturated heterocycles. The van der Waals surface area contributed by atoms with Gasteiger partial charge in [-0.05, 0) is 47.2 Å². The number of nitrogens with one attached hydrogen (secondary N) is 1. The molecule has 0 saturated carbocycles. The van der Waals surface area contributed by atoms with E-state index < -0.39 is 17.8 Å². The van der Waals surface area contributed by atoms with Crippen molar-refractivity contribution in [3.8, 4) is 0 Å². The minimum absolute atomic E-state index is 0.0773. The van der Waals surface area contributed by atoms with E-state index in [9.17, 15) is 14.0 Å². The number of anilines is 1. The van der Waals surface area contributed by atoms with Crippen LogP contribution in [0, 0.1) is 11.7 Å². The Kier molecular flexibility index (Phi) is 6.12. The van der Waals surface area contributed by atoms with E-state index in [1.807, 2.05) is 49.6 Å². The van der Waals surface area contributed by atoms with Crippen molar-refractivity contribution in [2.75, 3.05) is 11.9 Å². The van der Waals surface area contributed by atoms with Crippen LogP contribution in [0.25, 0.3) is 0 Å². The number of hydrogen-bond donors (Lipinski definition) is 1. The molecule has 2 heterocycles. The molecule has 160 valence electrons. The highest BCUT2D eigenvalue weighted by atomic mass is 35.5.